The number of thiophene rings is 1. The smallest absolute Gasteiger partial charge is 0.252 e. The van der Waals surface area contributed by atoms with Crippen molar-refractivity contribution in [3.8, 4) is 0 Å². The van der Waals surface area contributed by atoms with Crippen LogP contribution in [0.15, 0.2) is 21.7 Å². The first-order chi connectivity index (χ1) is 9.29. The number of hydrogen-bond acceptors (Lipinski definition) is 4. The maximum absolute atomic E-state index is 12.4. The van der Waals surface area contributed by atoms with Gasteiger partial charge in [-0.25, -0.2) is 8.42 Å². The highest BCUT2D eigenvalue weighted by Gasteiger charge is 2.30. The van der Waals surface area contributed by atoms with E-state index in [9.17, 15) is 8.42 Å². The molecule has 0 bridgehead atoms. The van der Waals surface area contributed by atoms with Gasteiger partial charge in [0.05, 0.1) is 0 Å². The topological polar surface area (TPSA) is 49.4 Å². The maximum atomic E-state index is 12.4. The summed E-state index contributed by atoms with van der Waals surface area (Å²) in [5, 5.41) is 5.32. The van der Waals surface area contributed by atoms with Crippen LogP contribution >= 0.6 is 11.3 Å². The van der Waals surface area contributed by atoms with E-state index in [4.69, 9.17) is 0 Å². The van der Waals surface area contributed by atoms with Gasteiger partial charge in [0.2, 0.25) is 0 Å². The van der Waals surface area contributed by atoms with Crippen molar-refractivity contribution in [2.24, 2.45) is 5.92 Å². The largest absolute Gasteiger partial charge is 0.312 e. The molecule has 114 valence electrons. The van der Waals surface area contributed by atoms with E-state index in [-0.39, 0.29) is 5.54 Å². The van der Waals surface area contributed by atoms with Gasteiger partial charge in [0.25, 0.3) is 10.0 Å². The van der Waals surface area contributed by atoms with Gasteiger partial charge in [0.15, 0.2) is 0 Å². The van der Waals surface area contributed by atoms with Crippen molar-refractivity contribution in [2.75, 3.05) is 19.6 Å². The summed E-state index contributed by atoms with van der Waals surface area (Å²) in [6, 6.07) is 3.48. The molecule has 0 spiro atoms. The number of nitrogens with one attached hydrogen (secondary N) is 1. The lowest BCUT2D eigenvalue weighted by atomic mass is 9.97. The lowest BCUT2D eigenvalue weighted by molar-refractivity contribution is 0.252. The van der Waals surface area contributed by atoms with Crippen LogP contribution in [0.3, 0.4) is 0 Å². The van der Waals surface area contributed by atoms with Crippen LogP contribution in [0.5, 0.6) is 0 Å². The highest BCUT2D eigenvalue weighted by molar-refractivity contribution is 7.91. The van der Waals surface area contributed by atoms with Crippen LogP contribution in [0, 0.1) is 5.92 Å². The Morgan fingerprint density at radius 2 is 2.00 bits per heavy atom. The lowest BCUT2D eigenvalue weighted by Crippen LogP contribution is -2.44. The molecule has 1 aromatic rings. The second-order valence-electron chi connectivity index (χ2n) is 6.41. The summed E-state index contributed by atoms with van der Waals surface area (Å²) in [5.41, 5.74) is 0.125. The summed E-state index contributed by atoms with van der Waals surface area (Å²) in [7, 11) is -3.25. The molecule has 0 saturated carbocycles. The first-order valence-corrected chi connectivity index (χ1v) is 9.40. The minimum Gasteiger partial charge on any atom is -0.312 e. The van der Waals surface area contributed by atoms with Gasteiger partial charge >= 0.3 is 0 Å². The van der Waals surface area contributed by atoms with Gasteiger partial charge in [-0.05, 0) is 57.5 Å². The fourth-order valence-corrected chi connectivity index (χ4v) is 4.96. The molecule has 0 radical (unpaired) electrons. The average Bonchev–Trinajstić information content (AvgIpc) is 2.90. The predicted octanol–water partition coefficient (Wildman–Crippen LogP) is 2.54. The van der Waals surface area contributed by atoms with E-state index in [2.05, 4.69) is 26.1 Å². The number of hydrogen-bond donors (Lipinski definition) is 1. The van der Waals surface area contributed by atoms with Gasteiger partial charge in [-0.3, -0.25) is 0 Å². The van der Waals surface area contributed by atoms with Gasteiger partial charge in [-0.15, -0.1) is 11.3 Å². The first kappa shape index (κ1) is 15.9. The van der Waals surface area contributed by atoms with Crippen molar-refractivity contribution in [3.05, 3.63) is 17.5 Å². The molecule has 2 rings (SSSR count). The Morgan fingerprint density at radius 1 is 1.35 bits per heavy atom. The van der Waals surface area contributed by atoms with Crippen molar-refractivity contribution in [2.45, 2.75) is 43.4 Å². The number of nitrogens with zero attached hydrogens (tertiary/aromatic N) is 1. The Bertz CT molecular complexity index is 510. The third-order valence-electron chi connectivity index (χ3n) is 3.58. The van der Waals surface area contributed by atoms with Crippen LogP contribution in [0.25, 0.3) is 0 Å². The van der Waals surface area contributed by atoms with Crippen molar-refractivity contribution < 1.29 is 8.42 Å². The van der Waals surface area contributed by atoms with E-state index in [1.54, 1.807) is 16.4 Å². The Labute approximate surface area is 126 Å². The number of sulfonamides is 1. The predicted molar refractivity (Wildman–Crippen MR) is 83.6 cm³/mol. The van der Waals surface area contributed by atoms with E-state index in [0.29, 0.717) is 23.2 Å². The molecule has 1 aromatic heterocycles. The van der Waals surface area contributed by atoms with Gasteiger partial charge in [-0.2, -0.15) is 4.31 Å². The molecule has 0 unspecified atom stereocenters. The highest BCUT2D eigenvalue weighted by atomic mass is 32.2. The molecular weight excluding hydrogens is 292 g/mol. The molecular formula is C14H24N2O2S2. The fourth-order valence-electron chi connectivity index (χ4n) is 2.34. The third-order valence-corrected chi connectivity index (χ3v) is 6.86. The Balaban J connectivity index is 1.89. The van der Waals surface area contributed by atoms with Gasteiger partial charge in [-0.1, -0.05) is 6.07 Å². The van der Waals surface area contributed by atoms with Crippen LogP contribution in [-0.2, 0) is 10.0 Å². The summed E-state index contributed by atoms with van der Waals surface area (Å²) in [6.07, 6.45) is 1.88. The van der Waals surface area contributed by atoms with E-state index in [1.807, 2.05) is 5.38 Å². The lowest BCUT2D eigenvalue weighted by Gasteiger charge is -2.32. The van der Waals surface area contributed by atoms with Crippen LogP contribution in [-0.4, -0.2) is 37.9 Å². The third kappa shape index (κ3) is 4.04. The zero-order chi connectivity index (χ0) is 14.8. The quantitative estimate of drug-likeness (QED) is 0.928. The first-order valence-electron chi connectivity index (χ1n) is 7.08. The number of piperidine rings is 1. The molecule has 1 aliphatic rings. The molecule has 1 N–H and O–H groups in total. The van der Waals surface area contributed by atoms with Gasteiger partial charge in [0.1, 0.15) is 4.21 Å². The number of rotatable bonds is 4. The van der Waals surface area contributed by atoms with Crippen LogP contribution in [0.1, 0.15) is 33.6 Å². The summed E-state index contributed by atoms with van der Waals surface area (Å²) in [4.78, 5) is 0. The zero-order valence-corrected chi connectivity index (χ0v) is 14.1. The summed E-state index contributed by atoms with van der Waals surface area (Å²) in [5.74, 6) is 0.573. The van der Waals surface area contributed by atoms with Gasteiger partial charge < -0.3 is 5.32 Å². The molecule has 1 saturated heterocycles. The summed E-state index contributed by atoms with van der Waals surface area (Å²) >= 11 is 1.30. The SMILES string of the molecule is CC(C)(C)NCC1CCN(S(=O)(=O)c2cccs2)CC1. The van der Waals surface area contributed by atoms with Crippen molar-refractivity contribution in [1.29, 1.82) is 0 Å². The Hall–Kier alpha value is -0.430. The molecule has 1 aliphatic heterocycles. The highest BCUT2D eigenvalue weighted by Crippen LogP contribution is 2.26. The van der Waals surface area contributed by atoms with Crippen molar-refractivity contribution in [3.63, 3.8) is 0 Å². The zero-order valence-electron chi connectivity index (χ0n) is 12.4. The van der Waals surface area contributed by atoms with E-state index in [1.165, 1.54) is 11.3 Å². The molecule has 0 aromatic carbocycles. The van der Waals surface area contributed by atoms with Crippen molar-refractivity contribution in [1.82, 2.24) is 9.62 Å². The average molecular weight is 316 g/mol. The van der Waals surface area contributed by atoms with Gasteiger partial charge in [0, 0.05) is 18.6 Å². The minimum atomic E-state index is -3.25. The molecule has 0 atom stereocenters. The monoisotopic (exact) mass is 316 g/mol. The molecule has 6 heteroatoms. The maximum Gasteiger partial charge on any atom is 0.252 e. The van der Waals surface area contributed by atoms with Crippen LogP contribution < -0.4 is 5.32 Å². The molecule has 0 amide bonds. The normalized spacial score (nSPS) is 19.4. The summed E-state index contributed by atoms with van der Waals surface area (Å²) in [6.45, 7) is 8.71. The van der Waals surface area contributed by atoms with E-state index >= 15 is 0 Å². The Morgan fingerprint density at radius 3 is 2.50 bits per heavy atom. The molecule has 2 heterocycles. The fraction of sp³-hybridized carbons (Fsp3) is 0.714. The second kappa shape index (κ2) is 6.13. The molecule has 0 aliphatic carbocycles. The Kier molecular flexibility index (Phi) is 4.89. The molecule has 4 nitrogen and oxygen atoms in total. The molecule has 20 heavy (non-hydrogen) atoms. The van der Waals surface area contributed by atoms with Crippen LogP contribution in [0.2, 0.25) is 0 Å². The summed E-state index contributed by atoms with van der Waals surface area (Å²) < 4.78 is 26.9. The standard InChI is InChI=1S/C14H24N2O2S2/c1-14(2,3)15-11-12-6-8-16(9-7-12)20(17,18)13-5-4-10-19-13/h4-5,10,12,15H,6-9,11H2,1-3H3. The van der Waals surface area contributed by atoms with E-state index in [0.717, 1.165) is 19.4 Å². The van der Waals surface area contributed by atoms with Crippen molar-refractivity contribution >= 4 is 21.4 Å². The molecule has 1 fully saturated rings. The van der Waals surface area contributed by atoms with E-state index < -0.39 is 10.0 Å². The van der Waals surface area contributed by atoms with Crippen LogP contribution in [0.4, 0.5) is 0 Å². The second-order valence-corrected chi connectivity index (χ2v) is 9.52. The minimum absolute atomic E-state index is 0.125.